The average molecular weight is 252 g/mol. The van der Waals surface area contributed by atoms with Crippen molar-refractivity contribution in [2.24, 2.45) is 0 Å². The summed E-state index contributed by atoms with van der Waals surface area (Å²) in [5.41, 5.74) is 10.2. The van der Waals surface area contributed by atoms with Crippen LogP contribution < -0.4 is 5.73 Å². The summed E-state index contributed by atoms with van der Waals surface area (Å²) in [6.07, 6.45) is 0. The molecule has 0 bridgehead atoms. The summed E-state index contributed by atoms with van der Waals surface area (Å²) in [7, 11) is 0. The van der Waals surface area contributed by atoms with E-state index in [4.69, 9.17) is 5.73 Å². The first-order valence-corrected chi connectivity index (χ1v) is 6.58. The van der Waals surface area contributed by atoms with Gasteiger partial charge < -0.3 is 5.73 Å². The first-order valence-electron chi connectivity index (χ1n) is 5.70. The molecular weight excluding hydrogens is 240 g/mol. The van der Waals surface area contributed by atoms with E-state index < -0.39 is 0 Å². The maximum atomic E-state index is 5.71. The molecular formula is C15H12N2S. The van der Waals surface area contributed by atoms with Crippen LogP contribution in [0.15, 0.2) is 60.0 Å². The molecule has 1 heterocycles. The lowest BCUT2D eigenvalue weighted by atomic mass is 9.98. The van der Waals surface area contributed by atoms with Gasteiger partial charge in [-0.15, -0.1) is 11.3 Å². The first kappa shape index (κ1) is 11.0. The maximum absolute atomic E-state index is 5.71. The van der Waals surface area contributed by atoms with Crippen molar-refractivity contribution in [3.05, 3.63) is 60.0 Å². The molecule has 0 aliphatic rings. The Bertz CT molecular complexity index is 659. The lowest BCUT2D eigenvalue weighted by molar-refractivity contribution is 1.41. The number of benzene rings is 2. The molecule has 0 aliphatic carbocycles. The highest BCUT2D eigenvalue weighted by Gasteiger charge is 2.08. The fourth-order valence-electron chi connectivity index (χ4n) is 1.99. The summed E-state index contributed by atoms with van der Waals surface area (Å²) in [5, 5.41) is 2.60. The van der Waals surface area contributed by atoms with Crippen molar-refractivity contribution in [2.45, 2.75) is 0 Å². The number of anilines is 1. The molecule has 1 aromatic heterocycles. The number of hydrogen-bond donors (Lipinski definition) is 1. The second kappa shape index (κ2) is 4.63. The largest absolute Gasteiger partial charge is 0.375 e. The van der Waals surface area contributed by atoms with Crippen LogP contribution in [0, 0.1) is 0 Å². The van der Waals surface area contributed by atoms with Gasteiger partial charge in [0.15, 0.2) is 5.13 Å². The molecule has 2 N–H and O–H groups in total. The van der Waals surface area contributed by atoms with Gasteiger partial charge in [-0.05, 0) is 11.1 Å². The van der Waals surface area contributed by atoms with E-state index in [0.717, 1.165) is 11.3 Å². The zero-order valence-electron chi connectivity index (χ0n) is 9.71. The molecule has 3 rings (SSSR count). The molecule has 0 radical (unpaired) electrons. The molecule has 0 unspecified atom stereocenters. The average Bonchev–Trinajstić information content (AvgIpc) is 2.86. The number of nitrogens with two attached hydrogens (primary N) is 1. The van der Waals surface area contributed by atoms with E-state index in [0.29, 0.717) is 5.13 Å². The van der Waals surface area contributed by atoms with Crippen molar-refractivity contribution in [3.63, 3.8) is 0 Å². The number of rotatable bonds is 2. The Morgan fingerprint density at radius 3 is 2.17 bits per heavy atom. The molecule has 0 saturated heterocycles. The molecule has 3 heteroatoms. The van der Waals surface area contributed by atoms with Gasteiger partial charge in [0.25, 0.3) is 0 Å². The minimum absolute atomic E-state index is 0.605. The van der Waals surface area contributed by atoms with Gasteiger partial charge in [0.1, 0.15) is 0 Å². The Kier molecular flexibility index (Phi) is 2.82. The van der Waals surface area contributed by atoms with Gasteiger partial charge >= 0.3 is 0 Å². The number of nitrogens with zero attached hydrogens (tertiary/aromatic N) is 1. The Morgan fingerprint density at radius 2 is 1.50 bits per heavy atom. The summed E-state index contributed by atoms with van der Waals surface area (Å²) >= 11 is 1.47. The molecule has 18 heavy (non-hydrogen) atoms. The number of aromatic nitrogens is 1. The van der Waals surface area contributed by atoms with E-state index in [2.05, 4.69) is 29.2 Å². The molecule has 3 aromatic rings. The standard InChI is InChI=1S/C15H12N2S/c16-15-17-14(10-18-15)13-9-5-4-8-12(13)11-6-2-1-3-7-11/h1-10H,(H2,16,17). The Balaban J connectivity index is 2.17. The summed E-state index contributed by atoms with van der Waals surface area (Å²) in [5.74, 6) is 0. The monoisotopic (exact) mass is 252 g/mol. The number of hydrogen-bond acceptors (Lipinski definition) is 3. The minimum Gasteiger partial charge on any atom is -0.375 e. The molecule has 2 nitrogen and oxygen atoms in total. The second-order valence-electron chi connectivity index (χ2n) is 3.98. The van der Waals surface area contributed by atoms with Crippen molar-refractivity contribution >= 4 is 16.5 Å². The van der Waals surface area contributed by atoms with Gasteiger partial charge in [-0.3, -0.25) is 0 Å². The first-order chi connectivity index (χ1) is 8.84. The molecule has 0 amide bonds. The highest BCUT2D eigenvalue weighted by Crippen LogP contribution is 2.32. The van der Waals surface area contributed by atoms with Crippen LogP contribution in [0.2, 0.25) is 0 Å². The fraction of sp³-hybridized carbons (Fsp3) is 0. The van der Waals surface area contributed by atoms with Gasteiger partial charge in [-0.2, -0.15) is 0 Å². The molecule has 0 fully saturated rings. The van der Waals surface area contributed by atoms with Crippen LogP contribution in [0.4, 0.5) is 5.13 Å². The number of thiazole rings is 1. The van der Waals surface area contributed by atoms with Crippen LogP contribution >= 0.6 is 11.3 Å². The van der Waals surface area contributed by atoms with Crippen molar-refractivity contribution in [1.82, 2.24) is 4.98 Å². The van der Waals surface area contributed by atoms with Gasteiger partial charge in [0.2, 0.25) is 0 Å². The van der Waals surface area contributed by atoms with Crippen molar-refractivity contribution in [2.75, 3.05) is 5.73 Å². The van der Waals surface area contributed by atoms with Crippen molar-refractivity contribution in [1.29, 1.82) is 0 Å². The van der Waals surface area contributed by atoms with Crippen LogP contribution in [0.3, 0.4) is 0 Å². The van der Waals surface area contributed by atoms with Crippen LogP contribution in [0.5, 0.6) is 0 Å². The Labute approximate surface area is 110 Å². The van der Waals surface area contributed by atoms with E-state index >= 15 is 0 Å². The van der Waals surface area contributed by atoms with E-state index in [1.165, 1.54) is 22.5 Å². The predicted molar refractivity (Wildman–Crippen MR) is 77.4 cm³/mol. The smallest absolute Gasteiger partial charge is 0.180 e. The van der Waals surface area contributed by atoms with Gasteiger partial charge in [-0.25, -0.2) is 4.98 Å². The van der Waals surface area contributed by atoms with Gasteiger partial charge in [0, 0.05) is 10.9 Å². The van der Waals surface area contributed by atoms with Crippen LogP contribution in [-0.2, 0) is 0 Å². The van der Waals surface area contributed by atoms with Gasteiger partial charge in [-0.1, -0.05) is 54.6 Å². The fourth-order valence-corrected chi connectivity index (χ4v) is 2.55. The zero-order valence-corrected chi connectivity index (χ0v) is 10.5. The molecule has 0 spiro atoms. The SMILES string of the molecule is Nc1nc(-c2ccccc2-c2ccccc2)cs1. The van der Waals surface area contributed by atoms with E-state index in [-0.39, 0.29) is 0 Å². The summed E-state index contributed by atoms with van der Waals surface area (Å²) in [4.78, 5) is 4.36. The third kappa shape index (κ3) is 2.00. The molecule has 0 aliphatic heterocycles. The van der Waals surface area contributed by atoms with Crippen LogP contribution in [0.1, 0.15) is 0 Å². The topological polar surface area (TPSA) is 38.9 Å². The van der Waals surface area contributed by atoms with E-state index in [9.17, 15) is 0 Å². The molecule has 88 valence electrons. The second-order valence-corrected chi connectivity index (χ2v) is 4.87. The maximum Gasteiger partial charge on any atom is 0.180 e. The Morgan fingerprint density at radius 1 is 0.833 bits per heavy atom. The molecule has 2 aromatic carbocycles. The minimum atomic E-state index is 0.605. The summed E-state index contributed by atoms with van der Waals surface area (Å²) < 4.78 is 0. The lowest BCUT2D eigenvalue weighted by Crippen LogP contribution is -1.86. The normalized spacial score (nSPS) is 10.4. The number of nitrogen functional groups attached to an aromatic ring is 1. The molecule has 0 saturated carbocycles. The van der Waals surface area contributed by atoms with Crippen molar-refractivity contribution < 1.29 is 0 Å². The zero-order chi connectivity index (χ0) is 12.4. The third-order valence-corrected chi connectivity index (χ3v) is 3.48. The van der Waals surface area contributed by atoms with E-state index in [1.54, 1.807) is 0 Å². The van der Waals surface area contributed by atoms with Gasteiger partial charge in [0.05, 0.1) is 5.69 Å². The summed E-state index contributed by atoms with van der Waals surface area (Å²) in [6, 6.07) is 18.6. The Hall–Kier alpha value is -2.13. The highest BCUT2D eigenvalue weighted by atomic mass is 32.1. The van der Waals surface area contributed by atoms with E-state index in [1.807, 2.05) is 35.7 Å². The highest BCUT2D eigenvalue weighted by molar-refractivity contribution is 7.13. The van der Waals surface area contributed by atoms with Crippen LogP contribution in [0.25, 0.3) is 22.4 Å². The quantitative estimate of drug-likeness (QED) is 0.747. The predicted octanol–water partition coefficient (Wildman–Crippen LogP) is 4.06. The third-order valence-electron chi connectivity index (χ3n) is 2.81. The van der Waals surface area contributed by atoms with Crippen LogP contribution in [-0.4, -0.2) is 4.98 Å². The molecule has 0 atom stereocenters. The van der Waals surface area contributed by atoms with Crippen molar-refractivity contribution in [3.8, 4) is 22.4 Å². The lowest BCUT2D eigenvalue weighted by Gasteiger charge is -2.07. The summed E-state index contributed by atoms with van der Waals surface area (Å²) in [6.45, 7) is 0.